The van der Waals surface area contributed by atoms with Gasteiger partial charge in [-0.05, 0) is 43.0 Å². The van der Waals surface area contributed by atoms with Crippen LogP contribution in [-0.4, -0.2) is 13.6 Å². The molecule has 1 aliphatic heterocycles. The first-order chi connectivity index (χ1) is 7.09. The molecule has 0 saturated heterocycles. The molecule has 0 spiro atoms. The van der Waals surface area contributed by atoms with Crippen molar-refractivity contribution in [3.8, 4) is 0 Å². The zero-order valence-electron chi connectivity index (χ0n) is 9.31. The average molecular weight is 222 g/mol. The van der Waals surface area contributed by atoms with E-state index in [1.807, 2.05) is 13.0 Å². The molecule has 1 heterocycles. The molecular formula is C13H16ClN. The summed E-state index contributed by atoms with van der Waals surface area (Å²) in [5.41, 5.74) is 5.00. The highest BCUT2D eigenvalue weighted by Gasteiger charge is 2.17. The summed E-state index contributed by atoms with van der Waals surface area (Å²) < 4.78 is 0. The Morgan fingerprint density at radius 1 is 1.47 bits per heavy atom. The van der Waals surface area contributed by atoms with Crippen molar-refractivity contribution in [2.24, 2.45) is 0 Å². The number of hydrogen-bond donors (Lipinski definition) is 0. The number of halogens is 1. The molecule has 0 radical (unpaired) electrons. The Bertz CT molecular complexity index is 409. The van der Waals surface area contributed by atoms with Gasteiger partial charge in [0.05, 0.1) is 0 Å². The monoisotopic (exact) mass is 221 g/mol. The summed E-state index contributed by atoms with van der Waals surface area (Å²) in [6.07, 6.45) is 2.35. The quantitative estimate of drug-likeness (QED) is 0.698. The minimum Gasteiger partial charge on any atom is -0.374 e. The molecule has 1 aromatic carbocycles. The SMILES string of the molecule is C=C(C)c1cc(Cl)cc2c1CCCN2C. The minimum absolute atomic E-state index is 0.806. The lowest BCUT2D eigenvalue weighted by atomic mass is 9.93. The molecule has 0 fully saturated rings. The second-order valence-electron chi connectivity index (χ2n) is 4.26. The van der Waals surface area contributed by atoms with Gasteiger partial charge in [-0.15, -0.1) is 0 Å². The second-order valence-corrected chi connectivity index (χ2v) is 4.69. The van der Waals surface area contributed by atoms with Crippen LogP contribution in [0.5, 0.6) is 0 Å². The molecule has 0 saturated carbocycles. The van der Waals surface area contributed by atoms with Gasteiger partial charge in [-0.1, -0.05) is 23.8 Å². The predicted octanol–water partition coefficient (Wildman–Crippen LogP) is 3.76. The lowest BCUT2D eigenvalue weighted by molar-refractivity contribution is 0.743. The van der Waals surface area contributed by atoms with Crippen molar-refractivity contribution in [2.75, 3.05) is 18.5 Å². The molecule has 0 aromatic heterocycles. The van der Waals surface area contributed by atoms with Crippen LogP contribution in [0.1, 0.15) is 24.5 Å². The molecule has 15 heavy (non-hydrogen) atoms. The second kappa shape index (κ2) is 3.90. The standard InChI is InChI=1S/C13H16ClN/c1-9(2)12-7-10(14)8-13-11(12)5-4-6-15(13)3/h7-8H,1,4-6H2,2-3H3. The number of anilines is 1. The van der Waals surface area contributed by atoms with E-state index in [1.54, 1.807) is 0 Å². The van der Waals surface area contributed by atoms with E-state index >= 15 is 0 Å². The number of nitrogens with zero attached hydrogens (tertiary/aromatic N) is 1. The van der Waals surface area contributed by atoms with E-state index in [4.69, 9.17) is 11.6 Å². The molecule has 0 aliphatic carbocycles. The highest BCUT2D eigenvalue weighted by Crippen LogP contribution is 2.34. The first kappa shape index (κ1) is 10.6. The van der Waals surface area contributed by atoms with Crippen molar-refractivity contribution in [3.63, 3.8) is 0 Å². The molecule has 0 N–H and O–H groups in total. The third kappa shape index (κ3) is 1.89. The van der Waals surface area contributed by atoms with Gasteiger partial charge >= 0.3 is 0 Å². The average Bonchev–Trinajstić information content (AvgIpc) is 2.18. The van der Waals surface area contributed by atoms with Crippen LogP contribution in [0.2, 0.25) is 5.02 Å². The van der Waals surface area contributed by atoms with Crippen LogP contribution < -0.4 is 4.90 Å². The van der Waals surface area contributed by atoms with Gasteiger partial charge in [0.1, 0.15) is 0 Å². The summed E-state index contributed by atoms with van der Waals surface area (Å²) in [5.74, 6) is 0. The normalized spacial score (nSPS) is 15.0. The fourth-order valence-corrected chi connectivity index (χ4v) is 2.43. The van der Waals surface area contributed by atoms with E-state index in [0.29, 0.717) is 0 Å². The van der Waals surface area contributed by atoms with Crippen LogP contribution in [0, 0.1) is 0 Å². The number of rotatable bonds is 1. The van der Waals surface area contributed by atoms with Gasteiger partial charge in [0, 0.05) is 24.3 Å². The summed E-state index contributed by atoms with van der Waals surface area (Å²) in [6, 6.07) is 4.09. The molecule has 2 rings (SSSR count). The van der Waals surface area contributed by atoms with Gasteiger partial charge in [-0.25, -0.2) is 0 Å². The predicted molar refractivity (Wildman–Crippen MR) is 67.8 cm³/mol. The summed E-state index contributed by atoms with van der Waals surface area (Å²) >= 11 is 6.12. The zero-order valence-corrected chi connectivity index (χ0v) is 10.1. The molecule has 2 heteroatoms. The Hall–Kier alpha value is -0.950. The first-order valence-corrected chi connectivity index (χ1v) is 5.67. The summed E-state index contributed by atoms with van der Waals surface area (Å²) in [7, 11) is 2.12. The van der Waals surface area contributed by atoms with Crippen LogP contribution >= 0.6 is 11.6 Å². The van der Waals surface area contributed by atoms with Crippen molar-refractivity contribution in [1.29, 1.82) is 0 Å². The maximum absolute atomic E-state index is 6.12. The van der Waals surface area contributed by atoms with E-state index in [2.05, 4.69) is 24.6 Å². The number of fused-ring (bicyclic) bond motifs is 1. The van der Waals surface area contributed by atoms with Crippen LogP contribution in [-0.2, 0) is 6.42 Å². The summed E-state index contributed by atoms with van der Waals surface area (Å²) in [5, 5.41) is 0.806. The van der Waals surface area contributed by atoms with Gasteiger partial charge in [0.2, 0.25) is 0 Å². The van der Waals surface area contributed by atoms with E-state index in [-0.39, 0.29) is 0 Å². The third-order valence-electron chi connectivity index (χ3n) is 2.98. The molecule has 80 valence electrons. The van der Waals surface area contributed by atoms with Gasteiger partial charge in [-0.3, -0.25) is 0 Å². The highest BCUT2D eigenvalue weighted by molar-refractivity contribution is 6.31. The van der Waals surface area contributed by atoms with Crippen LogP contribution in [0.15, 0.2) is 18.7 Å². The third-order valence-corrected chi connectivity index (χ3v) is 3.20. The van der Waals surface area contributed by atoms with Gasteiger partial charge in [0.25, 0.3) is 0 Å². The van der Waals surface area contributed by atoms with Gasteiger partial charge in [0.15, 0.2) is 0 Å². The number of allylic oxidation sites excluding steroid dienone is 1. The maximum Gasteiger partial charge on any atom is 0.0432 e. The summed E-state index contributed by atoms with van der Waals surface area (Å²) in [6.45, 7) is 7.18. The van der Waals surface area contributed by atoms with Crippen molar-refractivity contribution >= 4 is 22.9 Å². The van der Waals surface area contributed by atoms with E-state index in [0.717, 1.165) is 23.6 Å². The largest absolute Gasteiger partial charge is 0.374 e. The Morgan fingerprint density at radius 3 is 2.87 bits per heavy atom. The molecular weight excluding hydrogens is 206 g/mol. The van der Waals surface area contributed by atoms with Crippen LogP contribution in [0.3, 0.4) is 0 Å². The van der Waals surface area contributed by atoms with E-state index in [1.165, 1.54) is 23.2 Å². The highest BCUT2D eigenvalue weighted by atomic mass is 35.5. The minimum atomic E-state index is 0.806. The van der Waals surface area contributed by atoms with E-state index < -0.39 is 0 Å². The first-order valence-electron chi connectivity index (χ1n) is 5.29. The molecule has 1 aliphatic rings. The molecule has 1 nitrogen and oxygen atoms in total. The van der Waals surface area contributed by atoms with Gasteiger partial charge < -0.3 is 4.90 Å². The van der Waals surface area contributed by atoms with Crippen molar-refractivity contribution in [3.05, 3.63) is 34.9 Å². The fraction of sp³-hybridized carbons (Fsp3) is 0.385. The van der Waals surface area contributed by atoms with Crippen LogP contribution in [0.4, 0.5) is 5.69 Å². The smallest absolute Gasteiger partial charge is 0.0432 e. The fourth-order valence-electron chi connectivity index (χ4n) is 2.22. The lowest BCUT2D eigenvalue weighted by Gasteiger charge is -2.29. The molecule has 0 bridgehead atoms. The topological polar surface area (TPSA) is 3.24 Å². The Morgan fingerprint density at radius 2 is 2.20 bits per heavy atom. The number of benzene rings is 1. The van der Waals surface area contributed by atoms with Crippen molar-refractivity contribution < 1.29 is 0 Å². The Labute approximate surface area is 96.4 Å². The van der Waals surface area contributed by atoms with Crippen LogP contribution in [0.25, 0.3) is 5.57 Å². The van der Waals surface area contributed by atoms with Crippen molar-refractivity contribution in [1.82, 2.24) is 0 Å². The lowest BCUT2D eigenvalue weighted by Crippen LogP contribution is -2.25. The molecule has 1 aromatic rings. The molecule has 0 atom stereocenters. The Kier molecular flexibility index (Phi) is 2.74. The van der Waals surface area contributed by atoms with E-state index in [9.17, 15) is 0 Å². The summed E-state index contributed by atoms with van der Waals surface area (Å²) in [4.78, 5) is 2.27. The maximum atomic E-state index is 6.12. The zero-order chi connectivity index (χ0) is 11.0. The Balaban J connectivity index is 2.62. The van der Waals surface area contributed by atoms with Crippen molar-refractivity contribution in [2.45, 2.75) is 19.8 Å². The molecule has 0 amide bonds. The number of hydrogen-bond acceptors (Lipinski definition) is 1. The van der Waals surface area contributed by atoms with Gasteiger partial charge in [-0.2, -0.15) is 0 Å². The molecule has 0 unspecified atom stereocenters.